The van der Waals surface area contributed by atoms with Gasteiger partial charge in [0, 0.05) is 11.4 Å². The second-order valence-corrected chi connectivity index (χ2v) is 4.08. The van der Waals surface area contributed by atoms with Crippen molar-refractivity contribution in [2.24, 2.45) is 0 Å². The maximum Gasteiger partial charge on any atom is 0.198 e. The van der Waals surface area contributed by atoms with Crippen LogP contribution in [0.3, 0.4) is 0 Å². The summed E-state index contributed by atoms with van der Waals surface area (Å²) >= 11 is 6.00. The number of benzene rings is 1. The van der Waals surface area contributed by atoms with Gasteiger partial charge in [-0.15, -0.1) is 0 Å². The molecular weight excluding hydrogens is 228 g/mol. The number of rotatable bonds is 3. The standard InChI is InChI=1S/C12H15ClO3/c1-3-12(15-6-7-16-12)10-8-9(13)4-5-11(10)14-2/h4-5,8H,3,6-7H2,1-2H3. The molecule has 2 rings (SSSR count). The molecule has 0 bridgehead atoms. The number of methoxy groups -OCH3 is 1. The number of hydrogen-bond acceptors (Lipinski definition) is 3. The summed E-state index contributed by atoms with van der Waals surface area (Å²) in [5, 5.41) is 0.655. The Morgan fingerprint density at radius 2 is 2.06 bits per heavy atom. The molecule has 0 amide bonds. The van der Waals surface area contributed by atoms with E-state index < -0.39 is 5.79 Å². The molecule has 1 aromatic carbocycles. The molecule has 1 fully saturated rings. The van der Waals surface area contributed by atoms with Crippen LogP contribution >= 0.6 is 11.6 Å². The first kappa shape index (κ1) is 11.7. The van der Waals surface area contributed by atoms with Gasteiger partial charge in [-0.05, 0) is 18.2 Å². The zero-order valence-corrected chi connectivity index (χ0v) is 10.2. The average Bonchev–Trinajstić information content (AvgIpc) is 2.78. The third kappa shape index (κ3) is 1.90. The molecule has 0 aromatic heterocycles. The summed E-state index contributed by atoms with van der Waals surface area (Å²) < 4.78 is 16.7. The molecule has 88 valence electrons. The Morgan fingerprint density at radius 1 is 1.38 bits per heavy atom. The van der Waals surface area contributed by atoms with Crippen LogP contribution in [0.5, 0.6) is 5.75 Å². The SMILES string of the molecule is CCC1(c2cc(Cl)ccc2OC)OCCO1. The van der Waals surface area contributed by atoms with Crippen molar-refractivity contribution in [1.29, 1.82) is 0 Å². The molecule has 0 N–H and O–H groups in total. The maximum atomic E-state index is 6.00. The van der Waals surface area contributed by atoms with Crippen molar-refractivity contribution in [3.63, 3.8) is 0 Å². The van der Waals surface area contributed by atoms with Crippen molar-refractivity contribution in [1.82, 2.24) is 0 Å². The summed E-state index contributed by atoms with van der Waals surface area (Å²) in [6, 6.07) is 5.47. The molecule has 0 saturated carbocycles. The summed E-state index contributed by atoms with van der Waals surface area (Å²) in [6.45, 7) is 3.22. The Hall–Kier alpha value is -0.770. The highest BCUT2D eigenvalue weighted by Crippen LogP contribution is 2.40. The minimum Gasteiger partial charge on any atom is -0.496 e. The molecule has 0 spiro atoms. The van der Waals surface area contributed by atoms with Crippen molar-refractivity contribution in [3.8, 4) is 5.75 Å². The lowest BCUT2D eigenvalue weighted by Gasteiger charge is -2.28. The van der Waals surface area contributed by atoms with Crippen LogP contribution in [0, 0.1) is 0 Å². The third-order valence-corrected chi connectivity index (χ3v) is 3.03. The van der Waals surface area contributed by atoms with E-state index in [4.69, 9.17) is 25.8 Å². The average molecular weight is 243 g/mol. The van der Waals surface area contributed by atoms with Crippen molar-refractivity contribution >= 4 is 11.6 Å². The summed E-state index contributed by atoms with van der Waals surface area (Å²) in [7, 11) is 1.63. The summed E-state index contributed by atoms with van der Waals surface area (Å²) in [4.78, 5) is 0. The molecule has 16 heavy (non-hydrogen) atoms. The summed E-state index contributed by atoms with van der Waals surface area (Å²) in [5.74, 6) is 0.0455. The zero-order valence-electron chi connectivity index (χ0n) is 9.46. The van der Waals surface area contributed by atoms with E-state index >= 15 is 0 Å². The van der Waals surface area contributed by atoms with Crippen LogP contribution in [0.2, 0.25) is 5.02 Å². The monoisotopic (exact) mass is 242 g/mol. The number of hydrogen-bond donors (Lipinski definition) is 0. The largest absolute Gasteiger partial charge is 0.496 e. The molecule has 1 aliphatic rings. The molecule has 0 aliphatic carbocycles. The molecule has 4 heteroatoms. The Morgan fingerprint density at radius 3 is 2.62 bits per heavy atom. The minimum atomic E-state index is -0.698. The highest BCUT2D eigenvalue weighted by Gasteiger charge is 2.39. The van der Waals surface area contributed by atoms with Gasteiger partial charge in [0.25, 0.3) is 0 Å². The Bertz CT molecular complexity index is 373. The molecule has 1 aliphatic heterocycles. The van der Waals surface area contributed by atoms with Gasteiger partial charge in [0.15, 0.2) is 5.79 Å². The lowest BCUT2D eigenvalue weighted by molar-refractivity contribution is -0.168. The van der Waals surface area contributed by atoms with Gasteiger partial charge in [-0.3, -0.25) is 0 Å². The van der Waals surface area contributed by atoms with Crippen LogP contribution in [0.1, 0.15) is 18.9 Å². The van der Waals surface area contributed by atoms with E-state index in [-0.39, 0.29) is 0 Å². The van der Waals surface area contributed by atoms with Gasteiger partial charge in [-0.25, -0.2) is 0 Å². The van der Waals surface area contributed by atoms with E-state index in [1.165, 1.54) is 0 Å². The first-order valence-electron chi connectivity index (χ1n) is 5.34. The van der Waals surface area contributed by atoms with Gasteiger partial charge in [-0.1, -0.05) is 18.5 Å². The molecular formula is C12H15ClO3. The van der Waals surface area contributed by atoms with Crippen molar-refractivity contribution in [3.05, 3.63) is 28.8 Å². The van der Waals surface area contributed by atoms with E-state index in [1.54, 1.807) is 13.2 Å². The fraction of sp³-hybridized carbons (Fsp3) is 0.500. The maximum absolute atomic E-state index is 6.00. The fourth-order valence-corrected chi connectivity index (χ4v) is 2.15. The van der Waals surface area contributed by atoms with E-state index in [1.807, 2.05) is 19.1 Å². The second-order valence-electron chi connectivity index (χ2n) is 3.65. The van der Waals surface area contributed by atoms with Crippen molar-refractivity contribution in [2.45, 2.75) is 19.1 Å². The van der Waals surface area contributed by atoms with Crippen molar-refractivity contribution in [2.75, 3.05) is 20.3 Å². The topological polar surface area (TPSA) is 27.7 Å². The van der Waals surface area contributed by atoms with E-state index in [2.05, 4.69) is 0 Å². The van der Waals surface area contributed by atoms with Crippen LogP contribution in [-0.2, 0) is 15.3 Å². The highest BCUT2D eigenvalue weighted by atomic mass is 35.5. The molecule has 0 radical (unpaired) electrons. The lowest BCUT2D eigenvalue weighted by Crippen LogP contribution is -2.26. The second kappa shape index (κ2) is 4.62. The predicted molar refractivity (Wildman–Crippen MR) is 61.9 cm³/mol. The normalized spacial score (nSPS) is 18.7. The van der Waals surface area contributed by atoms with E-state index in [0.717, 1.165) is 17.7 Å². The quantitative estimate of drug-likeness (QED) is 0.816. The number of ether oxygens (including phenoxy) is 3. The molecule has 0 atom stereocenters. The predicted octanol–water partition coefficient (Wildman–Crippen LogP) is 2.96. The summed E-state index contributed by atoms with van der Waals surface area (Å²) in [6.07, 6.45) is 0.726. The van der Waals surface area contributed by atoms with Gasteiger partial charge in [0.05, 0.1) is 25.9 Å². The highest BCUT2D eigenvalue weighted by molar-refractivity contribution is 6.30. The first-order chi connectivity index (χ1) is 7.72. The molecule has 1 saturated heterocycles. The van der Waals surface area contributed by atoms with E-state index in [0.29, 0.717) is 18.2 Å². The van der Waals surface area contributed by atoms with Crippen LogP contribution in [0.15, 0.2) is 18.2 Å². The Labute approximate surface area is 100 Å². The molecule has 1 aromatic rings. The third-order valence-electron chi connectivity index (χ3n) is 2.79. The fourth-order valence-electron chi connectivity index (χ4n) is 1.98. The van der Waals surface area contributed by atoms with Crippen LogP contribution in [0.25, 0.3) is 0 Å². The van der Waals surface area contributed by atoms with Gasteiger partial charge in [-0.2, -0.15) is 0 Å². The molecule has 1 heterocycles. The van der Waals surface area contributed by atoms with Gasteiger partial charge in [0.1, 0.15) is 5.75 Å². The van der Waals surface area contributed by atoms with Gasteiger partial charge in [0.2, 0.25) is 0 Å². The van der Waals surface area contributed by atoms with Gasteiger partial charge >= 0.3 is 0 Å². The van der Waals surface area contributed by atoms with Crippen LogP contribution in [-0.4, -0.2) is 20.3 Å². The van der Waals surface area contributed by atoms with Crippen LogP contribution in [0.4, 0.5) is 0 Å². The Balaban J connectivity index is 2.47. The molecule has 3 nitrogen and oxygen atoms in total. The van der Waals surface area contributed by atoms with Crippen LogP contribution < -0.4 is 4.74 Å². The smallest absolute Gasteiger partial charge is 0.198 e. The van der Waals surface area contributed by atoms with E-state index in [9.17, 15) is 0 Å². The van der Waals surface area contributed by atoms with Gasteiger partial charge < -0.3 is 14.2 Å². The zero-order chi connectivity index (χ0) is 11.6. The minimum absolute atomic E-state index is 0.601. The first-order valence-corrected chi connectivity index (χ1v) is 5.71. The Kier molecular flexibility index (Phi) is 3.38. The number of halogens is 1. The lowest BCUT2D eigenvalue weighted by atomic mass is 10.0. The molecule has 0 unspecified atom stereocenters. The summed E-state index contributed by atoms with van der Waals surface area (Å²) in [5.41, 5.74) is 0.863. The van der Waals surface area contributed by atoms with Crippen molar-refractivity contribution < 1.29 is 14.2 Å².